The molecule has 114 valence electrons. The van der Waals surface area contributed by atoms with Crippen molar-refractivity contribution in [2.75, 3.05) is 0 Å². The van der Waals surface area contributed by atoms with E-state index in [0.717, 1.165) is 23.0 Å². The van der Waals surface area contributed by atoms with Gasteiger partial charge in [0.25, 0.3) is 0 Å². The van der Waals surface area contributed by atoms with Crippen LogP contribution in [0.15, 0.2) is 42.5 Å². The first-order valence-electron chi connectivity index (χ1n) is 6.95. The van der Waals surface area contributed by atoms with E-state index in [9.17, 15) is 14.3 Å². The highest BCUT2D eigenvalue weighted by molar-refractivity contribution is 5.48. The van der Waals surface area contributed by atoms with Crippen LogP contribution in [0.4, 0.5) is 4.39 Å². The number of hydrogen-bond acceptors (Lipinski definition) is 3. The summed E-state index contributed by atoms with van der Waals surface area (Å²) in [7, 11) is 0. The first-order chi connectivity index (χ1) is 10.6. The van der Waals surface area contributed by atoms with E-state index in [-0.39, 0.29) is 12.4 Å². The van der Waals surface area contributed by atoms with E-state index in [1.54, 1.807) is 24.3 Å². The summed E-state index contributed by atoms with van der Waals surface area (Å²) < 4.78 is 12.8. The van der Waals surface area contributed by atoms with Gasteiger partial charge < -0.3 is 9.90 Å². The van der Waals surface area contributed by atoms with Crippen LogP contribution in [0.3, 0.4) is 0 Å². The third kappa shape index (κ3) is 5.47. The molecule has 1 N–H and O–H groups in total. The van der Waals surface area contributed by atoms with E-state index < -0.39 is 0 Å². The monoisotopic (exact) mass is 299 g/mol. The van der Waals surface area contributed by atoms with Crippen molar-refractivity contribution >= 4 is 6.29 Å². The predicted molar refractivity (Wildman–Crippen MR) is 82.6 cm³/mol. The fourth-order valence-corrected chi connectivity index (χ4v) is 1.84. The summed E-state index contributed by atoms with van der Waals surface area (Å²) in [5, 5.41) is 18.1. The molecule has 0 heterocycles. The number of nitriles is 1. The zero-order valence-corrected chi connectivity index (χ0v) is 12.4. The highest BCUT2D eigenvalue weighted by Crippen LogP contribution is 2.16. The van der Waals surface area contributed by atoms with Crippen molar-refractivity contribution in [3.63, 3.8) is 0 Å². The van der Waals surface area contributed by atoms with E-state index in [4.69, 9.17) is 5.26 Å². The van der Waals surface area contributed by atoms with Gasteiger partial charge in [0.2, 0.25) is 0 Å². The van der Waals surface area contributed by atoms with Gasteiger partial charge in [0.1, 0.15) is 12.1 Å². The smallest absolute Gasteiger partial charge is 0.123 e. The van der Waals surface area contributed by atoms with Crippen LogP contribution in [-0.4, -0.2) is 11.4 Å². The number of hydrogen-bond donors (Lipinski definition) is 1. The molecular weight excluding hydrogens is 281 g/mol. The van der Waals surface area contributed by atoms with Crippen molar-refractivity contribution < 1.29 is 14.3 Å². The average molecular weight is 299 g/mol. The number of carbonyl (C=O) groups excluding carboxylic acids is 1. The van der Waals surface area contributed by atoms with Crippen LogP contribution in [0.5, 0.6) is 0 Å². The lowest BCUT2D eigenvalue weighted by atomic mass is 9.98. The van der Waals surface area contributed by atoms with Gasteiger partial charge in [0.15, 0.2) is 0 Å². The molecule has 2 aromatic rings. The van der Waals surface area contributed by atoms with E-state index in [1.165, 1.54) is 12.1 Å². The molecule has 0 fully saturated rings. The summed E-state index contributed by atoms with van der Waals surface area (Å²) in [6.45, 7) is 1.71. The van der Waals surface area contributed by atoms with E-state index >= 15 is 0 Å². The quantitative estimate of drug-likeness (QED) is 0.880. The lowest BCUT2D eigenvalue weighted by Crippen LogP contribution is -1.96. The van der Waals surface area contributed by atoms with Gasteiger partial charge in [-0.1, -0.05) is 25.1 Å². The largest absolute Gasteiger partial charge is 0.392 e. The first-order valence-corrected chi connectivity index (χ1v) is 6.95. The molecule has 3 nitrogen and oxygen atoms in total. The molecule has 0 spiro atoms. The second-order valence-electron chi connectivity index (χ2n) is 4.63. The van der Waals surface area contributed by atoms with Crippen LogP contribution in [0, 0.1) is 17.1 Å². The molecule has 2 aromatic carbocycles. The molecule has 0 radical (unpaired) electrons. The van der Waals surface area contributed by atoms with Gasteiger partial charge in [-0.2, -0.15) is 5.26 Å². The third-order valence-corrected chi connectivity index (χ3v) is 2.98. The SMILES string of the molecule is CCC=O.N#Cc1ccc(Cc2ccc(F)cc2)c(CO)c1. The Labute approximate surface area is 129 Å². The fourth-order valence-electron chi connectivity index (χ4n) is 1.84. The number of carbonyl (C=O) groups is 1. The Bertz CT molecular complexity index is 645. The van der Waals surface area contributed by atoms with Crippen molar-refractivity contribution in [1.82, 2.24) is 0 Å². The van der Waals surface area contributed by atoms with Crippen molar-refractivity contribution in [3.8, 4) is 6.07 Å². The minimum absolute atomic E-state index is 0.105. The molecule has 0 bridgehead atoms. The fraction of sp³-hybridized carbons (Fsp3) is 0.222. The highest BCUT2D eigenvalue weighted by atomic mass is 19.1. The molecule has 4 heteroatoms. The lowest BCUT2D eigenvalue weighted by molar-refractivity contribution is -0.107. The maximum Gasteiger partial charge on any atom is 0.123 e. The third-order valence-electron chi connectivity index (χ3n) is 2.98. The van der Waals surface area contributed by atoms with Gasteiger partial charge in [-0.25, -0.2) is 4.39 Å². The average Bonchev–Trinajstić information content (AvgIpc) is 2.57. The number of nitrogens with zero attached hydrogens (tertiary/aromatic N) is 1. The Kier molecular flexibility index (Phi) is 7.52. The Morgan fingerprint density at radius 1 is 1.18 bits per heavy atom. The van der Waals surface area contributed by atoms with Crippen LogP contribution in [-0.2, 0) is 17.8 Å². The normalized spacial score (nSPS) is 9.36. The second kappa shape index (κ2) is 9.43. The zero-order chi connectivity index (χ0) is 16.4. The molecule has 0 saturated carbocycles. The summed E-state index contributed by atoms with van der Waals surface area (Å²) in [4.78, 5) is 9.17. The Hall–Kier alpha value is -2.51. The zero-order valence-electron chi connectivity index (χ0n) is 12.4. The number of aliphatic hydroxyl groups is 1. The van der Waals surface area contributed by atoms with Gasteiger partial charge in [-0.05, 0) is 47.4 Å². The van der Waals surface area contributed by atoms with Crippen molar-refractivity contribution in [1.29, 1.82) is 5.26 Å². The molecule has 0 aromatic heterocycles. The van der Waals surface area contributed by atoms with Crippen LogP contribution in [0.2, 0.25) is 0 Å². The first kappa shape index (κ1) is 17.5. The molecule has 0 aliphatic rings. The molecule has 0 saturated heterocycles. The molecule has 2 rings (SSSR count). The molecular formula is C18H18FNO2. The van der Waals surface area contributed by atoms with Crippen LogP contribution in [0.25, 0.3) is 0 Å². The van der Waals surface area contributed by atoms with Crippen LogP contribution >= 0.6 is 0 Å². The highest BCUT2D eigenvalue weighted by Gasteiger charge is 2.04. The maximum absolute atomic E-state index is 12.8. The Balaban J connectivity index is 0.000000541. The van der Waals surface area contributed by atoms with Crippen molar-refractivity contribution in [2.45, 2.75) is 26.4 Å². The number of aldehydes is 1. The Morgan fingerprint density at radius 3 is 2.32 bits per heavy atom. The number of halogens is 1. The van der Waals surface area contributed by atoms with E-state index in [0.29, 0.717) is 18.4 Å². The van der Waals surface area contributed by atoms with Crippen molar-refractivity contribution in [2.24, 2.45) is 0 Å². The van der Waals surface area contributed by atoms with Crippen LogP contribution < -0.4 is 0 Å². The molecule has 0 aliphatic heterocycles. The van der Waals surface area contributed by atoms with Gasteiger partial charge >= 0.3 is 0 Å². The van der Waals surface area contributed by atoms with Gasteiger partial charge in [0.05, 0.1) is 18.2 Å². The maximum atomic E-state index is 12.8. The summed E-state index contributed by atoms with van der Waals surface area (Å²) in [5.41, 5.74) is 3.18. The number of benzene rings is 2. The molecule has 0 amide bonds. The summed E-state index contributed by atoms with van der Waals surface area (Å²) in [6.07, 6.45) is 2.13. The topological polar surface area (TPSA) is 61.1 Å². The van der Waals surface area contributed by atoms with Gasteiger partial charge in [-0.3, -0.25) is 0 Å². The van der Waals surface area contributed by atoms with Gasteiger partial charge in [-0.15, -0.1) is 0 Å². The minimum atomic E-state index is -0.263. The van der Waals surface area contributed by atoms with Crippen LogP contribution in [0.1, 0.15) is 35.6 Å². The summed E-state index contributed by atoms with van der Waals surface area (Å²) in [5.74, 6) is -0.263. The number of rotatable bonds is 4. The van der Waals surface area contributed by atoms with E-state index in [2.05, 4.69) is 0 Å². The molecule has 0 atom stereocenters. The molecule has 0 unspecified atom stereocenters. The van der Waals surface area contributed by atoms with Crippen molar-refractivity contribution in [3.05, 3.63) is 70.5 Å². The number of aliphatic hydroxyl groups excluding tert-OH is 1. The minimum Gasteiger partial charge on any atom is -0.392 e. The predicted octanol–water partition coefficient (Wildman–Crippen LogP) is 3.38. The Morgan fingerprint density at radius 2 is 1.82 bits per heavy atom. The summed E-state index contributed by atoms with van der Waals surface area (Å²) >= 11 is 0. The summed E-state index contributed by atoms with van der Waals surface area (Å²) in [6, 6.07) is 13.5. The molecule has 0 aliphatic carbocycles. The molecule has 22 heavy (non-hydrogen) atoms. The second-order valence-corrected chi connectivity index (χ2v) is 4.63. The standard InChI is InChI=1S/C15H12FNO.C3H6O/c16-15-5-2-11(3-6-15)7-13-4-1-12(9-17)8-14(13)10-18;1-2-3-4/h1-6,8,18H,7,10H2;3H,2H2,1H3. The lowest BCUT2D eigenvalue weighted by Gasteiger charge is -2.08. The van der Waals surface area contributed by atoms with E-state index in [1.807, 2.05) is 19.1 Å². The van der Waals surface area contributed by atoms with Gasteiger partial charge in [0, 0.05) is 6.42 Å².